The SMILES string of the molecule is COC(=O)c1cnc(-c2ccc(C(C)(C)C)s2)s1. The lowest BCUT2D eigenvalue weighted by Crippen LogP contribution is -2.07. The van der Waals surface area contributed by atoms with Gasteiger partial charge in [0.15, 0.2) is 0 Å². The van der Waals surface area contributed by atoms with Gasteiger partial charge in [0.25, 0.3) is 0 Å². The molecule has 0 fully saturated rings. The quantitative estimate of drug-likeness (QED) is 0.782. The van der Waals surface area contributed by atoms with E-state index in [9.17, 15) is 4.79 Å². The van der Waals surface area contributed by atoms with Crippen LogP contribution in [0.1, 0.15) is 35.3 Å². The summed E-state index contributed by atoms with van der Waals surface area (Å²) in [5, 5.41) is 0.871. The van der Waals surface area contributed by atoms with Crippen molar-refractivity contribution in [2.24, 2.45) is 0 Å². The third-order valence-corrected chi connectivity index (χ3v) is 5.11. The Labute approximate surface area is 114 Å². The van der Waals surface area contributed by atoms with Crippen molar-refractivity contribution < 1.29 is 9.53 Å². The van der Waals surface area contributed by atoms with E-state index >= 15 is 0 Å². The Morgan fingerprint density at radius 2 is 2.00 bits per heavy atom. The molecule has 2 aromatic rings. The highest BCUT2D eigenvalue weighted by atomic mass is 32.1. The minimum atomic E-state index is -0.327. The van der Waals surface area contributed by atoms with Crippen molar-refractivity contribution >= 4 is 28.6 Å². The zero-order valence-corrected chi connectivity index (χ0v) is 12.4. The molecule has 2 aromatic heterocycles. The molecule has 3 nitrogen and oxygen atoms in total. The fraction of sp³-hybridized carbons (Fsp3) is 0.385. The number of aromatic nitrogens is 1. The van der Waals surface area contributed by atoms with Crippen LogP contribution >= 0.6 is 22.7 Å². The van der Waals surface area contributed by atoms with Crippen LogP contribution < -0.4 is 0 Å². The molecule has 0 aliphatic carbocycles. The molecular weight excluding hydrogens is 266 g/mol. The van der Waals surface area contributed by atoms with Gasteiger partial charge in [-0.15, -0.1) is 22.7 Å². The van der Waals surface area contributed by atoms with Crippen molar-refractivity contribution in [2.45, 2.75) is 26.2 Å². The number of carbonyl (C=O) groups excluding carboxylic acids is 1. The van der Waals surface area contributed by atoms with Crippen molar-refractivity contribution in [3.8, 4) is 9.88 Å². The summed E-state index contributed by atoms with van der Waals surface area (Å²) in [5.41, 5.74) is 0.144. The molecule has 2 heterocycles. The van der Waals surface area contributed by atoms with Crippen molar-refractivity contribution in [1.29, 1.82) is 0 Å². The number of thiophene rings is 1. The summed E-state index contributed by atoms with van der Waals surface area (Å²) in [6.07, 6.45) is 1.57. The Morgan fingerprint density at radius 1 is 1.28 bits per heavy atom. The molecule has 0 aliphatic heterocycles. The number of rotatable bonds is 2. The minimum Gasteiger partial charge on any atom is -0.465 e. The number of esters is 1. The summed E-state index contributed by atoms with van der Waals surface area (Å²) in [6, 6.07) is 4.18. The molecule has 0 bridgehead atoms. The van der Waals surface area contributed by atoms with E-state index in [-0.39, 0.29) is 11.4 Å². The lowest BCUT2D eigenvalue weighted by Gasteiger charge is -2.15. The van der Waals surface area contributed by atoms with Gasteiger partial charge in [-0.1, -0.05) is 20.8 Å². The third-order valence-electron chi connectivity index (χ3n) is 2.45. The average molecular weight is 281 g/mol. The molecule has 2 rings (SSSR count). The predicted octanol–water partition coefficient (Wildman–Crippen LogP) is 3.96. The molecule has 5 heteroatoms. The maximum atomic E-state index is 11.4. The molecule has 0 spiro atoms. The highest BCUT2D eigenvalue weighted by molar-refractivity contribution is 7.22. The van der Waals surface area contributed by atoms with Crippen LogP contribution in [0.25, 0.3) is 9.88 Å². The second-order valence-corrected chi connectivity index (χ2v) is 7.05. The first kappa shape index (κ1) is 13.2. The normalized spacial score (nSPS) is 11.6. The summed E-state index contributed by atoms with van der Waals surface area (Å²) in [6.45, 7) is 6.55. The minimum absolute atomic E-state index is 0.144. The molecule has 0 atom stereocenters. The Kier molecular flexibility index (Phi) is 3.54. The molecule has 96 valence electrons. The largest absolute Gasteiger partial charge is 0.465 e. The van der Waals surface area contributed by atoms with Gasteiger partial charge in [0.05, 0.1) is 18.2 Å². The standard InChI is InChI=1S/C13H15NO2S2/c1-13(2,3)10-6-5-8(17-10)11-14-7-9(18-11)12(15)16-4/h5-7H,1-4H3. The maximum Gasteiger partial charge on any atom is 0.349 e. The first-order chi connectivity index (χ1) is 8.41. The van der Waals surface area contributed by atoms with Crippen molar-refractivity contribution in [1.82, 2.24) is 4.98 Å². The Hall–Kier alpha value is -1.20. The van der Waals surface area contributed by atoms with E-state index < -0.39 is 0 Å². The van der Waals surface area contributed by atoms with E-state index in [0.29, 0.717) is 4.88 Å². The van der Waals surface area contributed by atoms with Gasteiger partial charge in [0.2, 0.25) is 0 Å². The summed E-state index contributed by atoms with van der Waals surface area (Å²) in [5.74, 6) is -0.327. The van der Waals surface area contributed by atoms with Crippen LogP contribution in [-0.2, 0) is 10.2 Å². The Morgan fingerprint density at radius 3 is 2.56 bits per heavy atom. The number of nitrogens with zero attached hydrogens (tertiary/aromatic N) is 1. The molecule has 0 saturated carbocycles. The van der Waals surface area contributed by atoms with E-state index in [1.165, 1.54) is 23.3 Å². The molecule has 0 saturated heterocycles. The molecule has 0 amide bonds. The fourth-order valence-corrected chi connectivity index (χ4v) is 3.40. The average Bonchev–Trinajstić information content (AvgIpc) is 2.94. The molecular formula is C13H15NO2S2. The van der Waals surface area contributed by atoms with Crippen molar-refractivity contribution in [2.75, 3.05) is 7.11 Å². The monoisotopic (exact) mass is 281 g/mol. The zero-order valence-electron chi connectivity index (χ0n) is 10.8. The maximum absolute atomic E-state index is 11.4. The van der Waals surface area contributed by atoms with Crippen molar-refractivity contribution in [3.63, 3.8) is 0 Å². The summed E-state index contributed by atoms with van der Waals surface area (Å²) in [4.78, 5) is 18.6. The van der Waals surface area contributed by atoms with E-state index in [2.05, 4.69) is 42.6 Å². The zero-order chi connectivity index (χ0) is 13.3. The van der Waals surface area contributed by atoms with E-state index in [1.54, 1.807) is 17.5 Å². The lowest BCUT2D eigenvalue weighted by molar-refractivity contribution is 0.0606. The first-order valence-electron chi connectivity index (χ1n) is 5.56. The second kappa shape index (κ2) is 4.82. The number of methoxy groups -OCH3 is 1. The van der Waals surface area contributed by atoms with E-state index in [0.717, 1.165) is 9.88 Å². The molecule has 0 radical (unpaired) electrons. The van der Waals surface area contributed by atoms with Gasteiger partial charge in [-0.3, -0.25) is 0 Å². The summed E-state index contributed by atoms with van der Waals surface area (Å²) < 4.78 is 4.68. The number of ether oxygens (including phenoxy) is 1. The Bertz CT molecular complexity index is 564. The number of thiazole rings is 1. The van der Waals surface area contributed by atoms with Gasteiger partial charge in [-0.25, -0.2) is 9.78 Å². The number of hydrogen-bond acceptors (Lipinski definition) is 5. The van der Waals surface area contributed by atoms with Crippen molar-refractivity contribution in [3.05, 3.63) is 28.1 Å². The highest BCUT2D eigenvalue weighted by Crippen LogP contribution is 2.36. The number of carbonyl (C=O) groups is 1. The summed E-state index contributed by atoms with van der Waals surface area (Å²) in [7, 11) is 1.38. The molecule has 0 aromatic carbocycles. The van der Waals surface area contributed by atoms with Crippen LogP contribution in [-0.4, -0.2) is 18.1 Å². The smallest absolute Gasteiger partial charge is 0.349 e. The van der Waals surface area contributed by atoms with Gasteiger partial charge < -0.3 is 4.74 Å². The number of hydrogen-bond donors (Lipinski definition) is 0. The molecule has 0 N–H and O–H groups in total. The van der Waals surface area contributed by atoms with Gasteiger partial charge in [0.1, 0.15) is 9.88 Å². The molecule has 0 unspecified atom stereocenters. The van der Waals surface area contributed by atoms with E-state index in [1.807, 2.05) is 0 Å². The second-order valence-electron chi connectivity index (χ2n) is 4.94. The topological polar surface area (TPSA) is 39.2 Å². The summed E-state index contributed by atoms with van der Waals surface area (Å²) >= 11 is 3.09. The van der Waals surface area contributed by atoms with Crippen LogP contribution in [0.5, 0.6) is 0 Å². The predicted molar refractivity (Wildman–Crippen MR) is 75.5 cm³/mol. The van der Waals surface area contributed by atoms with Crippen LogP contribution in [0.2, 0.25) is 0 Å². The fourth-order valence-electron chi connectivity index (χ4n) is 1.44. The molecule has 0 aliphatic rings. The third kappa shape index (κ3) is 2.62. The van der Waals surface area contributed by atoms with E-state index in [4.69, 9.17) is 0 Å². The lowest BCUT2D eigenvalue weighted by atomic mass is 9.95. The molecule has 18 heavy (non-hydrogen) atoms. The van der Waals surface area contributed by atoms with Gasteiger partial charge in [-0.2, -0.15) is 0 Å². The van der Waals surface area contributed by atoms with Gasteiger partial charge in [0, 0.05) is 4.88 Å². The first-order valence-corrected chi connectivity index (χ1v) is 7.20. The van der Waals surface area contributed by atoms with Crippen LogP contribution in [0.15, 0.2) is 18.3 Å². The van der Waals surface area contributed by atoms with Gasteiger partial charge >= 0.3 is 5.97 Å². The Balaban J connectivity index is 2.30. The van der Waals surface area contributed by atoms with Crippen LogP contribution in [0.4, 0.5) is 0 Å². The van der Waals surface area contributed by atoms with Gasteiger partial charge in [-0.05, 0) is 17.5 Å². The van der Waals surface area contributed by atoms with Crippen LogP contribution in [0.3, 0.4) is 0 Å². The highest BCUT2D eigenvalue weighted by Gasteiger charge is 2.18. The van der Waals surface area contributed by atoms with Crippen LogP contribution in [0, 0.1) is 0 Å².